The Morgan fingerprint density at radius 3 is 2.71 bits per heavy atom. The van der Waals surface area contributed by atoms with Gasteiger partial charge in [-0.3, -0.25) is 10.1 Å². The standard InChI is InChI=1S/C11H13FN2O3/c1-11(2,3)17-10(16)14-9-8(12)7(6-15)4-5-13-9/h4-6H,1-3H3,(H,13,14,16). The van der Waals surface area contributed by atoms with E-state index in [2.05, 4.69) is 10.3 Å². The van der Waals surface area contributed by atoms with Gasteiger partial charge in [0.2, 0.25) is 0 Å². The van der Waals surface area contributed by atoms with Crippen LogP contribution in [0.4, 0.5) is 15.0 Å². The minimum Gasteiger partial charge on any atom is -0.444 e. The number of pyridine rings is 1. The smallest absolute Gasteiger partial charge is 0.413 e. The molecule has 1 rings (SSSR count). The van der Waals surface area contributed by atoms with E-state index in [1.807, 2.05) is 0 Å². The van der Waals surface area contributed by atoms with Crippen molar-refractivity contribution in [2.75, 3.05) is 5.32 Å². The minimum absolute atomic E-state index is 0.175. The fourth-order valence-corrected chi connectivity index (χ4v) is 1.04. The zero-order valence-electron chi connectivity index (χ0n) is 9.78. The fraction of sp³-hybridized carbons (Fsp3) is 0.364. The van der Waals surface area contributed by atoms with E-state index in [0.717, 1.165) is 0 Å². The molecule has 0 aromatic carbocycles. The number of hydrogen-bond donors (Lipinski definition) is 1. The number of aromatic nitrogens is 1. The second kappa shape index (κ2) is 4.90. The first kappa shape index (κ1) is 13.1. The quantitative estimate of drug-likeness (QED) is 0.806. The van der Waals surface area contributed by atoms with Gasteiger partial charge in [-0.1, -0.05) is 0 Å². The van der Waals surface area contributed by atoms with Crippen LogP contribution in [-0.4, -0.2) is 23.0 Å². The Morgan fingerprint density at radius 2 is 2.18 bits per heavy atom. The third-order valence-electron chi connectivity index (χ3n) is 1.67. The van der Waals surface area contributed by atoms with Gasteiger partial charge in [0.1, 0.15) is 5.60 Å². The summed E-state index contributed by atoms with van der Waals surface area (Å²) < 4.78 is 18.4. The van der Waals surface area contributed by atoms with Crippen molar-refractivity contribution < 1.29 is 18.7 Å². The Bertz CT molecular complexity index is 441. The van der Waals surface area contributed by atoms with E-state index in [1.165, 1.54) is 12.3 Å². The van der Waals surface area contributed by atoms with Crippen LogP contribution in [0.1, 0.15) is 31.1 Å². The lowest BCUT2D eigenvalue weighted by molar-refractivity contribution is 0.0634. The molecule has 0 radical (unpaired) electrons. The van der Waals surface area contributed by atoms with Gasteiger partial charge in [-0.25, -0.2) is 14.2 Å². The van der Waals surface area contributed by atoms with Crippen molar-refractivity contribution >= 4 is 18.2 Å². The number of carbonyl (C=O) groups is 2. The molecule has 6 heteroatoms. The van der Waals surface area contributed by atoms with Gasteiger partial charge in [-0.2, -0.15) is 0 Å². The number of anilines is 1. The minimum atomic E-state index is -0.881. The van der Waals surface area contributed by atoms with Gasteiger partial charge in [0.05, 0.1) is 5.56 Å². The van der Waals surface area contributed by atoms with Gasteiger partial charge in [-0.15, -0.1) is 0 Å². The number of amides is 1. The number of carbonyl (C=O) groups excluding carboxylic acids is 2. The molecular formula is C11H13FN2O3. The molecule has 0 atom stereocenters. The normalized spacial score (nSPS) is 10.8. The van der Waals surface area contributed by atoms with Crippen molar-refractivity contribution in [1.82, 2.24) is 4.98 Å². The lowest BCUT2D eigenvalue weighted by Gasteiger charge is -2.19. The van der Waals surface area contributed by atoms with Gasteiger partial charge < -0.3 is 4.74 Å². The predicted octanol–water partition coefficient (Wildman–Crippen LogP) is 2.38. The third-order valence-corrected chi connectivity index (χ3v) is 1.67. The number of rotatable bonds is 2. The van der Waals surface area contributed by atoms with E-state index in [4.69, 9.17) is 4.74 Å². The second-order valence-electron chi connectivity index (χ2n) is 4.31. The predicted molar refractivity (Wildman–Crippen MR) is 59.4 cm³/mol. The Kier molecular flexibility index (Phi) is 3.77. The SMILES string of the molecule is CC(C)(C)OC(=O)Nc1nccc(C=O)c1F. The number of ether oxygens (including phenoxy) is 1. The van der Waals surface area contributed by atoms with Crippen LogP contribution >= 0.6 is 0 Å². The molecule has 0 aliphatic heterocycles. The summed E-state index contributed by atoms with van der Waals surface area (Å²) in [5, 5.41) is 2.14. The summed E-state index contributed by atoms with van der Waals surface area (Å²) in [5.41, 5.74) is -0.867. The molecule has 5 nitrogen and oxygen atoms in total. The summed E-state index contributed by atoms with van der Waals surface area (Å²) in [6, 6.07) is 1.21. The molecule has 1 aromatic heterocycles. The summed E-state index contributed by atoms with van der Waals surface area (Å²) in [6.07, 6.45) is 0.739. The maximum absolute atomic E-state index is 13.5. The molecule has 1 N–H and O–H groups in total. The monoisotopic (exact) mass is 240 g/mol. The van der Waals surface area contributed by atoms with Crippen LogP contribution < -0.4 is 5.32 Å². The zero-order chi connectivity index (χ0) is 13.1. The Hall–Kier alpha value is -1.98. The van der Waals surface area contributed by atoms with Crippen molar-refractivity contribution in [1.29, 1.82) is 0 Å². The van der Waals surface area contributed by atoms with Crippen LogP contribution in [0.5, 0.6) is 0 Å². The van der Waals surface area contributed by atoms with Crippen LogP contribution in [0.3, 0.4) is 0 Å². The topological polar surface area (TPSA) is 68.3 Å². The lowest BCUT2D eigenvalue weighted by Crippen LogP contribution is -2.27. The van der Waals surface area contributed by atoms with Gasteiger partial charge >= 0.3 is 6.09 Å². The molecule has 0 saturated heterocycles. The molecule has 1 heterocycles. The summed E-state index contributed by atoms with van der Waals surface area (Å²) in [6.45, 7) is 5.04. The highest BCUT2D eigenvalue weighted by atomic mass is 19.1. The molecule has 0 fully saturated rings. The first-order chi connectivity index (χ1) is 7.83. The highest BCUT2D eigenvalue weighted by Gasteiger charge is 2.18. The molecule has 92 valence electrons. The average molecular weight is 240 g/mol. The first-order valence-electron chi connectivity index (χ1n) is 4.93. The van der Waals surface area contributed by atoms with Crippen molar-refractivity contribution in [3.8, 4) is 0 Å². The molecule has 1 aromatic rings. The third kappa shape index (κ3) is 3.82. The molecular weight excluding hydrogens is 227 g/mol. The van der Waals surface area contributed by atoms with E-state index >= 15 is 0 Å². The maximum Gasteiger partial charge on any atom is 0.413 e. The highest BCUT2D eigenvalue weighted by Crippen LogP contribution is 2.15. The Balaban J connectivity index is 2.82. The largest absolute Gasteiger partial charge is 0.444 e. The molecule has 0 unspecified atom stereocenters. The molecule has 0 saturated carbocycles. The zero-order valence-corrected chi connectivity index (χ0v) is 9.78. The second-order valence-corrected chi connectivity index (χ2v) is 4.31. The number of nitrogens with zero attached hydrogens (tertiary/aromatic N) is 1. The van der Waals surface area contributed by atoms with E-state index in [-0.39, 0.29) is 11.4 Å². The molecule has 17 heavy (non-hydrogen) atoms. The van der Waals surface area contributed by atoms with Crippen LogP contribution in [0, 0.1) is 5.82 Å². The summed E-state index contributed by atoms with van der Waals surface area (Å²) in [7, 11) is 0. The summed E-state index contributed by atoms with van der Waals surface area (Å²) >= 11 is 0. The van der Waals surface area contributed by atoms with Crippen molar-refractivity contribution in [2.45, 2.75) is 26.4 Å². The molecule has 0 spiro atoms. The van der Waals surface area contributed by atoms with E-state index < -0.39 is 17.5 Å². The van der Waals surface area contributed by atoms with Gasteiger partial charge in [0, 0.05) is 6.20 Å². The van der Waals surface area contributed by atoms with Crippen molar-refractivity contribution in [3.05, 3.63) is 23.6 Å². The van der Waals surface area contributed by atoms with Gasteiger partial charge in [0.15, 0.2) is 17.9 Å². The summed E-state index contributed by atoms with van der Waals surface area (Å²) in [5.74, 6) is -1.21. The van der Waals surface area contributed by atoms with Gasteiger partial charge in [-0.05, 0) is 26.8 Å². The number of nitrogens with one attached hydrogen (secondary N) is 1. The Labute approximate surface area is 98.0 Å². The van der Waals surface area contributed by atoms with Crippen LogP contribution in [0.25, 0.3) is 0 Å². The van der Waals surface area contributed by atoms with Crippen LogP contribution in [0.2, 0.25) is 0 Å². The fourth-order valence-electron chi connectivity index (χ4n) is 1.04. The van der Waals surface area contributed by atoms with Gasteiger partial charge in [0.25, 0.3) is 0 Å². The molecule has 1 amide bonds. The summed E-state index contributed by atoms with van der Waals surface area (Å²) in [4.78, 5) is 25.4. The van der Waals surface area contributed by atoms with E-state index in [1.54, 1.807) is 20.8 Å². The van der Waals surface area contributed by atoms with Crippen molar-refractivity contribution in [2.24, 2.45) is 0 Å². The van der Waals surface area contributed by atoms with E-state index in [0.29, 0.717) is 6.29 Å². The van der Waals surface area contributed by atoms with Crippen LogP contribution in [0.15, 0.2) is 12.3 Å². The average Bonchev–Trinajstić information content (AvgIpc) is 2.18. The lowest BCUT2D eigenvalue weighted by atomic mass is 10.2. The van der Waals surface area contributed by atoms with E-state index in [9.17, 15) is 14.0 Å². The molecule has 0 bridgehead atoms. The first-order valence-corrected chi connectivity index (χ1v) is 4.93. The number of hydrogen-bond acceptors (Lipinski definition) is 4. The van der Waals surface area contributed by atoms with Crippen LogP contribution in [-0.2, 0) is 4.74 Å². The van der Waals surface area contributed by atoms with Crippen molar-refractivity contribution in [3.63, 3.8) is 0 Å². The highest BCUT2D eigenvalue weighted by molar-refractivity contribution is 5.85. The molecule has 0 aliphatic rings. The Morgan fingerprint density at radius 1 is 1.53 bits per heavy atom. The maximum atomic E-state index is 13.5. The molecule has 0 aliphatic carbocycles. The number of aldehydes is 1. The number of halogens is 1.